The van der Waals surface area contributed by atoms with Gasteiger partial charge in [0.25, 0.3) is 0 Å². The first-order valence-electron chi connectivity index (χ1n) is 7.14. The quantitative estimate of drug-likeness (QED) is 0.676. The van der Waals surface area contributed by atoms with Crippen molar-refractivity contribution in [2.75, 3.05) is 13.1 Å². The number of nitrogens with two attached hydrogens (primary N) is 1. The van der Waals surface area contributed by atoms with Gasteiger partial charge >= 0.3 is 0 Å². The molecule has 2 nitrogen and oxygen atoms in total. The number of rotatable bonds is 7. The van der Waals surface area contributed by atoms with E-state index >= 15 is 0 Å². The Bertz CT molecular complexity index is 182. The molecule has 1 saturated heterocycles. The molecular weight excluding hydrogens is 196 g/mol. The van der Waals surface area contributed by atoms with Crippen molar-refractivity contribution in [1.29, 1.82) is 0 Å². The first-order chi connectivity index (χ1) is 7.69. The van der Waals surface area contributed by atoms with Crippen molar-refractivity contribution in [2.45, 2.75) is 71.4 Å². The van der Waals surface area contributed by atoms with Gasteiger partial charge in [-0.3, -0.25) is 4.90 Å². The molecule has 1 rings (SSSR count). The van der Waals surface area contributed by atoms with Crippen LogP contribution in [0.2, 0.25) is 0 Å². The molecule has 96 valence electrons. The van der Waals surface area contributed by atoms with E-state index in [4.69, 9.17) is 5.73 Å². The van der Waals surface area contributed by atoms with Crippen LogP contribution in [-0.2, 0) is 0 Å². The number of hydrogen-bond acceptors (Lipinski definition) is 2. The van der Waals surface area contributed by atoms with Crippen molar-refractivity contribution < 1.29 is 0 Å². The minimum absolute atomic E-state index is 0.744. The van der Waals surface area contributed by atoms with Crippen LogP contribution in [0.4, 0.5) is 0 Å². The lowest BCUT2D eigenvalue weighted by atomic mass is 10.1. The van der Waals surface area contributed by atoms with Gasteiger partial charge in [0.1, 0.15) is 0 Å². The van der Waals surface area contributed by atoms with Gasteiger partial charge in [0.15, 0.2) is 0 Å². The normalized spacial score (nSPS) is 28.5. The van der Waals surface area contributed by atoms with Gasteiger partial charge in [-0.2, -0.15) is 0 Å². The van der Waals surface area contributed by atoms with Crippen LogP contribution in [0.25, 0.3) is 0 Å². The van der Waals surface area contributed by atoms with Crippen molar-refractivity contribution in [2.24, 2.45) is 11.7 Å². The summed E-state index contributed by atoms with van der Waals surface area (Å²) in [5.41, 5.74) is 5.77. The molecule has 2 heteroatoms. The third kappa shape index (κ3) is 4.06. The van der Waals surface area contributed by atoms with Crippen molar-refractivity contribution >= 4 is 0 Å². The second-order valence-electron chi connectivity index (χ2n) is 5.58. The zero-order valence-electron chi connectivity index (χ0n) is 11.4. The second kappa shape index (κ2) is 7.29. The molecule has 1 aliphatic heterocycles. The van der Waals surface area contributed by atoms with Crippen LogP contribution >= 0.6 is 0 Å². The van der Waals surface area contributed by atoms with Gasteiger partial charge in [-0.1, -0.05) is 32.6 Å². The smallest absolute Gasteiger partial charge is 0.00734 e. The summed E-state index contributed by atoms with van der Waals surface area (Å²) in [5, 5.41) is 0. The van der Waals surface area contributed by atoms with Crippen LogP contribution < -0.4 is 5.73 Å². The molecule has 1 aliphatic rings. The first kappa shape index (κ1) is 14.0. The number of nitrogens with zero attached hydrogens (tertiary/aromatic N) is 1. The highest BCUT2D eigenvalue weighted by Gasteiger charge is 2.30. The van der Waals surface area contributed by atoms with Gasteiger partial charge in [0, 0.05) is 18.6 Å². The van der Waals surface area contributed by atoms with Crippen LogP contribution in [0, 0.1) is 5.92 Å². The molecule has 0 aliphatic carbocycles. The Labute approximate surface area is 102 Å². The minimum Gasteiger partial charge on any atom is -0.330 e. The molecule has 3 atom stereocenters. The maximum Gasteiger partial charge on any atom is 0.00734 e. The lowest BCUT2D eigenvalue weighted by Crippen LogP contribution is -2.36. The molecule has 0 amide bonds. The number of hydrogen-bond donors (Lipinski definition) is 1. The zero-order valence-corrected chi connectivity index (χ0v) is 11.4. The molecular formula is C14H30N2. The van der Waals surface area contributed by atoms with Gasteiger partial charge in [0.05, 0.1) is 0 Å². The van der Waals surface area contributed by atoms with Crippen molar-refractivity contribution in [3.63, 3.8) is 0 Å². The van der Waals surface area contributed by atoms with E-state index in [9.17, 15) is 0 Å². The van der Waals surface area contributed by atoms with E-state index in [0.29, 0.717) is 0 Å². The maximum absolute atomic E-state index is 5.77. The predicted octanol–water partition coefficient (Wildman–Crippen LogP) is 3.01. The Morgan fingerprint density at radius 3 is 2.62 bits per heavy atom. The van der Waals surface area contributed by atoms with Crippen LogP contribution in [0.15, 0.2) is 0 Å². The summed E-state index contributed by atoms with van der Waals surface area (Å²) in [5.74, 6) is 0.744. The Morgan fingerprint density at radius 2 is 2.06 bits per heavy atom. The summed E-state index contributed by atoms with van der Waals surface area (Å²) < 4.78 is 0. The predicted molar refractivity (Wildman–Crippen MR) is 71.6 cm³/mol. The minimum atomic E-state index is 0.744. The monoisotopic (exact) mass is 226 g/mol. The Balaban J connectivity index is 2.22. The average molecular weight is 226 g/mol. The van der Waals surface area contributed by atoms with E-state index in [2.05, 4.69) is 25.7 Å². The fraction of sp³-hybridized carbons (Fsp3) is 1.00. The third-order valence-electron chi connectivity index (χ3n) is 4.08. The van der Waals surface area contributed by atoms with E-state index < -0.39 is 0 Å². The summed E-state index contributed by atoms with van der Waals surface area (Å²) in [6.07, 6.45) is 8.20. The molecule has 1 heterocycles. The fourth-order valence-corrected chi connectivity index (χ4v) is 2.99. The first-order valence-corrected chi connectivity index (χ1v) is 7.14. The molecule has 0 saturated carbocycles. The standard InChI is InChI=1S/C14H30N2/c1-4-5-6-7-8-12(2)16-11-14(10-15)9-13(16)3/h12-14H,4-11,15H2,1-3H3. The fourth-order valence-electron chi connectivity index (χ4n) is 2.99. The van der Waals surface area contributed by atoms with Crippen LogP contribution in [0.3, 0.4) is 0 Å². The van der Waals surface area contributed by atoms with Crippen LogP contribution in [0.1, 0.15) is 59.3 Å². The summed E-state index contributed by atoms with van der Waals surface area (Å²) in [4.78, 5) is 2.67. The Morgan fingerprint density at radius 1 is 1.31 bits per heavy atom. The van der Waals surface area contributed by atoms with E-state index in [1.165, 1.54) is 45.1 Å². The number of unbranched alkanes of at least 4 members (excludes halogenated alkanes) is 3. The van der Waals surface area contributed by atoms with E-state index in [0.717, 1.165) is 24.5 Å². The molecule has 3 unspecified atom stereocenters. The molecule has 0 aromatic rings. The van der Waals surface area contributed by atoms with Gasteiger partial charge in [0.2, 0.25) is 0 Å². The second-order valence-corrected chi connectivity index (χ2v) is 5.58. The third-order valence-corrected chi connectivity index (χ3v) is 4.08. The summed E-state index contributed by atoms with van der Waals surface area (Å²) >= 11 is 0. The highest BCUT2D eigenvalue weighted by atomic mass is 15.2. The van der Waals surface area contributed by atoms with E-state index in [-0.39, 0.29) is 0 Å². The SMILES string of the molecule is CCCCCCC(C)N1CC(CN)CC1C. The Kier molecular flexibility index (Phi) is 6.37. The summed E-state index contributed by atoms with van der Waals surface area (Å²) in [7, 11) is 0. The van der Waals surface area contributed by atoms with Crippen molar-refractivity contribution in [3.05, 3.63) is 0 Å². The summed E-state index contributed by atoms with van der Waals surface area (Å²) in [6.45, 7) is 9.12. The topological polar surface area (TPSA) is 29.3 Å². The number of likely N-dealkylation sites (tertiary alicyclic amines) is 1. The molecule has 0 aromatic carbocycles. The van der Waals surface area contributed by atoms with Crippen LogP contribution in [0.5, 0.6) is 0 Å². The molecule has 0 radical (unpaired) electrons. The van der Waals surface area contributed by atoms with Gasteiger partial charge in [-0.05, 0) is 39.2 Å². The van der Waals surface area contributed by atoms with Gasteiger partial charge < -0.3 is 5.73 Å². The lowest BCUT2D eigenvalue weighted by Gasteiger charge is -2.28. The van der Waals surface area contributed by atoms with E-state index in [1.807, 2.05) is 0 Å². The molecule has 16 heavy (non-hydrogen) atoms. The molecule has 0 aromatic heterocycles. The van der Waals surface area contributed by atoms with E-state index in [1.54, 1.807) is 0 Å². The largest absolute Gasteiger partial charge is 0.330 e. The van der Waals surface area contributed by atoms with Crippen molar-refractivity contribution in [3.8, 4) is 0 Å². The molecule has 0 bridgehead atoms. The maximum atomic E-state index is 5.77. The zero-order chi connectivity index (χ0) is 12.0. The Hall–Kier alpha value is -0.0800. The summed E-state index contributed by atoms with van der Waals surface area (Å²) in [6, 6.07) is 1.50. The molecule has 0 spiro atoms. The highest BCUT2D eigenvalue weighted by Crippen LogP contribution is 2.26. The molecule has 1 fully saturated rings. The average Bonchev–Trinajstić information content (AvgIpc) is 2.66. The van der Waals surface area contributed by atoms with Crippen molar-refractivity contribution in [1.82, 2.24) is 4.90 Å². The van der Waals surface area contributed by atoms with Gasteiger partial charge in [-0.15, -0.1) is 0 Å². The molecule has 2 N–H and O–H groups in total. The highest BCUT2D eigenvalue weighted by molar-refractivity contribution is 4.85. The van der Waals surface area contributed by atoms with Crippen LogP contribution in [-0.4, -0.2) is 30.1 Å². The van der Waals surface area contributed by atoms with Gasteiger partial charge in [-0.25, -0.2) is 0 Å². The lowest BCUT2D eigenvalue weighted by molar-refractivity contribution is 0.187.